The van der Waals surface area contributed by atoms with Gasteiger partial charge in [0.05, 0.1) is 17.4 Å². The summed E-state index contributed by atoms with van der Waals surface area (Å²) in [6.45, 7) is 7.94. The van der Waals surface area contributed by atoms with Crippen LogP contribution in [0.4, 0.5) is 5.82 Å². The van der Waals surface area contributed by atoms with Crippen molar-refractivity contribution in [3.63, 3.8) is 0 Å². The van der Waals surface area contributed by atoms with Crippen LogP contribution < -0.4 is 11.2 Å². The standard InChI is InChI=1S/C14H18BN5O2/c1-13(2)14(3,4)22-15(21-13)9-7-19-12(20-11(9)16)10-8-17-5-6-18-10/h5-8H,1-4H3,(H2,16,19,20). The van der Waals surface area contributed by atoms with Crippen molar-refractivity contribution in [2.24, 2.45) is 0 Å². The van der Waals surface area contributed by atoms with E-state index in [4.69, 9.17) is 15.0 Å². The van der Waals surface area contributed by atoms with Gasteiger partial charge in [0.15, 0.2) is 5.82 Å². The minimum Gasteiger partial charge on any atom is -0.399 e. The van der Waals surface area contributed by atoms with Gasteiger partial charge in [-0.2, -0.15) is 0 Å². The Morgan fingerprint density at radius 2 is 1.68 bits per heavy atom. The van der Waals surface area contributed by atoms with Gasteiger partial charge < -0.3 is 15.0 Å². The molecule has 1 fully saturated rings. The van der Waals surface area contributed by atoms with Gasteiger partial charge in [-0.05, 0) is 27.7 Å². The topological polar surface area (TPSA) is 96.0 Å². The monoisotopic (exact) mass is 299 g/mol. The highest BCUT2D eigenvalue weighted by molar-refractivity contribution is 6.63. The van der Waals surface area contributed by atoms with Crippen LogP contribution in [0.1, 0.15) is 27.7 Å². The minimum absolute atomic E-state index is 0.314. The highest BCUT2D eigenvalue weighted by atomic mass is 16.7. The Bertz CT molecular complexity index is 677. The second-order valence-electron chi connectivity index (χ2n) is 6.21. The van der Waals surface area contributed by atoms with Gasteiger partial charge >= 0.3 is 7.12 Å². The fourth-order valence-electron chi connectivity index (χ4n) is 2.09. The molecule has 0 saturated carbocycles. The van der Waals surface area contributed by atoms with Gasteiger partial charge in [0.2, 0.25) is 0 Å². The van der Waals surface area contributed by atoms with Crippen LogP contribution >= 0.6 is 0 Å². The van der Waals surface area contributed by atoms with Crippen LogP contribution in [0.2, 0.25) is 0 Å². The summed E-state index contributed by atoms with van der Waals surface area (Å²) in [6.07, 6.45) is 6.38. The second kappa shape index (κ2) is 5.00. The number of anilines is 1. The molecule has 1 aliphatic rings. The number of rotatable bonds is 2. The summed E-state index contributed by atoms with van der Waals surface area (Å²) in [5.41, 5.74) is 6.36. The number of nitrogens with zero attached hydrogens (tertiary/aromatic N) is 4. The third-order valence-corrected chi connectivity index (χ3v) is 4.15. The highest BCUT2D eigenvalue weighted by Crippen LogP contribution is 2.36. The molecule has 2 aromatic rings. The first-order chi connectivity index (χ1) is 10.3. The third kappa shape index (κ3) is 2.44. The largest absolute Gasteiger partial charge is 0.500 e. The molecular formula is C14H18BN5O2. The van der Waals surface area contributed by atoms with Crippen molar-refractivity contribution in [2.75, 3.05) is 5.73 Å². The molecule has 2 N–H and O–H groups in total. The van der Waals surface area contributed by atoms with E-state index < -0.39 is 18.3 Å². The van der Waals surface area contributed by atoms with E-state index in [1.807, 2.05) is 27.7 Å². The van der Waals surface area contributed by atoms with E-state index in [-0.39, 0.29) is 0 Å². The van der Waals surface area contributed by atoms with Crippen LogP contribution in [0.15, 0.2) is 24.8 Å². The summed E-state index contributed by atoms with van der Waals surface area (Å²) in [5, 5.41) is 0. The first-order valence-electron chi connectivity index (χ1n) is 7.04. The number of nitrogens with two attached hydrogens (primary N) is 1. The van der Waals surface area contributed by atoms with Crippen LogP contribution in [-0.2, 0) is 9.31 Å². The maximum Gasteiger partial charge on any atom is 0.500 e. The molecule has 0 unspecified atom stereocenters. The van der Waals surface area contributed by atoms with Crippen molar-refractivity contribution < 1.29 is 9.31 Å². The molecule has 0 aliphatic carbocycles. The van der Waals surface area contributed by atoms with Crippen molar-refractivity contribution >= 4 is 18.4 Å². The van der Waals surface area contributed by atoms with E-state index >= 15 is 0 Å². The summed E-state index contributed by atoms with van der Waals surface area (Å²) < 4.78 is 11.9. The van der Waals surface area contributed by atoms with E-state index in [1.165, 1.54) is 0 Å². The van der Waals surface area contributed by atoms with E-state index in [0.717, 1.165) is 0 Å². The van der Waals surface area contributed by atoms with Crippen LogP contribution in [0, 0.1) is 0 Å². The van der Waals surface area contributed by atoms with Gasteiger partial charge in [-0.3, -0.25) is 4.98 Å². The van der Waals surface area contributed by atoms with Gasteiger partial charge in [0.25, 0.3) is 0 Å². The summed E-state index contributed by atoms with van der Waals surface area (Å²) in [7, 11) is -0.582. The maximum absolute atomic E-state index is 6.06. The smallest absolute Gasteiger partial charge is 0.399 e. The predicted molar refractivity (Wildman–Crippen MR) is 83.2 cm³/mol. The molecule has 3 rings (SSSR count). The molecule has 1 saturated heterocycles. The number of hydrogen-bond donors (Lipinski definition) is 1. The van der Waals surface area contributed by atoms with E-state index in [1.54, 1.807) is 24.8 Å². The highest BCUT2D eigenvalue weighted by Gasteiger charge is 2.52. The Morgan fingerprint density at radius 1 is 1.00 bits per heavy atom. The maximum atomic E-state index is 6.06. The Morgan fingerprint density at radius 3 is 2.23 bits per heavy atom. The van der Waals surface area contributed by atoms with Crippen molar-refractivity contribution in [3.05, 3.63) is 24.8 Å². The quantitative estimate of drug-likeness (QED) is 0.820. The van der Waals surface area contributed by atoms with Crippen molar-refractivity contribution in [1.82, 2.24) is 19.9 Å². The average molecular weight is 299 g/mol. The van der Waals surface area contributed by atoms with Crippen LogP contribution in [0.5, 0.6) is 0 Å². The molecule has 0 bridgehead atoms. The van der Waals surface area contributed by atoms with Gasteiger partial charge in [-0.15, -0.1) is 0 Å². The summed E-state index contributed by atoms with van der Waals surface area (Å²) in [4.78, 5) is 16.7. The molecule has 0 atom stereocenters. The molecule has 22 heavy (non-hydrogen) atoms. The summed E-state index contributed by atoms with van der Waals surface area (Å²) in [5.74, 6) is 0.736. The molecule has 7 nitrogen and oxygen atoms in total. The number of hydrogen-bond acceptors (Lipinski definition) is 7. The van der Waals surface area contributed by atoms with Crippen molar-refractivity contribution in [1.29, 1.82) is 0 Å². The molecule has 0 spiro atoms. The van der Waals surface area contributed by atoms with Crippen LogP contribution in [-0.4, -0.2) is 38.3 Å². The lowest BCUT2D eigenvalue weighted by molar-refractivity contribution is 0.00578. The number of aromatic nitrogens is 4. The zero-order chi connectivity index (χ0) is 16.0. The second-order valence-corrected chi connectivity index (χ2v) is 6.21. The Hall–Kier alpha value is -2.06. The lowest BCUT2D eigenvalue weighted by Crippen LogP contribution is -2.41. The molecule has 0 aromatic carbocycles. The SMILES string of the molecule is CC1(C)OB(c2cnc(-c3cnccn3)nc2N)OC1(C)C. The average Bonchev–Trinajstić information content (AvgIpc) is 2.68. The van der Waals surface area contributed by atoms with Crippen LogP contribution in [0.3, 0.4) is 0 Å². The number of nitrogen functional groups attached to an aromatic ring is 1. The van der Waals surface area contributed by atoms with Gasteiger partial charge in [-0.1, -0.05) is 0 Å². The first kappa shape index (κ1) is 14.9. The zero-order valence-corrected chi connectivity index (χ0v) is 13.1. The fourth-order valence-corrected chi connectivity index (χ4v) is 2.09. The molecule has 0 radical (unpaired) electrons. The molecule has 114 valence electrons. The normalized spacial score (nSPS) is 19.4. The Labute approximate surface area is 129 Å². The molecule has 2 aromatic heterocycles. The third-order valence-electron chi connectivity index (χ3n) is 4.15. The lowest BCUT2D eigenvalue weighted by atomic mass is 9.80. The predicted octanol–water partition coefficient (Wildman–Crippen LogP) is 0.815. The van der Waals surface area contributed by atoms with E-state index in [9.17, 15) is 0 Å². The molecule has 0 amide bonds. The van der Waals surface area contributed by atoms with E-state index in [0.29, 0.717) is 22.8 Å². The molecule has 1 aliphatic heterocycles. The molecule has 8 heteroatoms. The van der Waals surface area contributed by atoms with Crippen molar-refractivity contribution in [3.8, 4) is 11.5 Å². The minimum atomic E-state index is -0.582. The summed E-state index contributed by atoms with van der Waals surface area (Å²) >= 11 is 0. The van der Waals surface area contributed by atoms with Gasteiger partial charge in [0.1, 0.15) is 11.5 Å². The van der Waals surface area contributed by atoms with E-state index in [2.05, 4.69) is 19.9 Å². The Kier molecular flexibility index (Phi) is 3.38. The summed E-state index contributed by atoms with van der Waals surface area (Å²) in [6, 6.07) is 0. The Balaban J connectivity index is 1.91. The first-order valence-corrected chi connectivity index (χ1v) is 7.04. The fraction of sp³-hybridized carbons (Fsp3) is 0.429. The zero-order valence-electron chi connectivity index (χ0n) is 13.1. The lowest BCUT2D eigenvalue weighted by Gasteiger charge is -2.32. The van der Waals surface area contributed by atoms with Gasteiger partial charge in [0, 0.05) is 24.1 Å². The van der Waals surface area contributed by atoms with Crippen molar-refractivity contribution in [2.45, 2.75) is 38.9 Å². The van der Waals surface area contributed by atoms with Crippen LogP contribution in [0.25, 0.3) is 11.5 Å². The van der Waals surface area contributed by atoms with Gasteiger partial charge in [-0.25, -0.2) is 15.0 Å². The molecular weight excluding hydrogens is 281 g/mol. The molecule has 3 heterocycles.